The number of halogens is 2. The summed E-state index contributed by atoms with van der Waals surface area (Å²) in [6.45, 7) is 1.35. The van der Waals surface area contributed by atoms with Gasteiger partial charge in [0.15, 0.2) is 0 Å². The van der Waals surface area contributed by atoms with Crippen LogP contribution in [0.1, 0.15) is 31.2 Å². The number of likely N-dealkylation sites (tertiary alicyclic amines) is 1. The number of alkyl halides is 1. The maximum atomic E-state index is 13.9. The van der Waals surface area contributed by atoms with Gasteiger partial charge < -0.3 is 10.0 Å². The topological polar surface area (TPSA) is 57.6 Å². The Morgan fingerprint density at radius 3 is 2.67 bits per heavy atom. The molecule has 2 rings (SSSR count). The Bertz CT molecular complexity index is 564. The van der Waals surface area contributed by atoms with E-state index in [0.717, 1.165) is 0 Å². The minimum atomic E-state index is -2.36. The number of hydrogen-bond donors (Lipinski definition) is 1. The first kappa shape index (κ1) is 15.4. The molecule has 0 spiro atoms. The van der Waals surface area contributed by atoms with E-state index in [1.165, 1.54) is 11.0 Å². The molecule has 1 fully saturated rings. The Labute approximate surface area is 121 Å². The summed E-state index contributed by atoms with van der Waals surface area (Å²) in [5.41, 5.74) is -1.94. The Morgan fingerprint density at radius 2 is 2.10 bits per heavy atom. The summed E-state index contributed by atoms with van der Waals surface area (Å²) in [7, 11) is 0. The quantitative estimate of drug-likeness (QED) is 0.928. The zero-order chi connectivity index (χ0) is 15.6. The summed E-state index contributed by atoms with van der Waals surface area (Å²) in [6, 6.07) is 6.18. The fourth-order valence-corrected chi connectivity index (χ4v) is 2.54. The molecule has 0 aromatic heterocycles. The fraction of sp³-hybridized carbons (Fsp3) is 0.467. The summed E-state index contributed by atoms with van der Waals surface area (Å²) in [5, 5.41) is 8.81. The Balaban J connectivity index is 2.00. The molecular formula is C15H17F2NO3. The summed E-state index contributed by atoms with van der Waals surface area (Å²) < 4.78 is 27.6. The Kier molecular flexibility index (Phi) is 4.25. The molecule has 114 valence electrons. The average Bonchev–Trinajstić information content (AvgIpc) is 2.83. The largest absolute Gasteiger partial charge is 0.479 e. The summed E-state index contributed by atoms with van der Waals surface area (Å²) in [6.07, 6.45) is -0.182. The highest BCUT2D eigenvalue weighted by atomic mass is 19.1. The van der Waals surface area contributed by atoms with Gasteiger partial charge in [0, 0.05) is 19.4 Å². The van der Waals surface area contributed by atoms with Crippen LogP contribution in [0.25, 0.3) is 0 Å². The van der Waals surface area contributed by atoms with Crippen LogP contribution < -0.4 is 0 Å². The maximum Gasteiger partial charge on any atom is 0.343 e. The molecule has 0 unspecified atom stereocenters. The molecule has 1 saturated heterocycles. The van der Waals surface area contributed by atoms with E-state index in [4.69, 9.17) is 5.11 Å². The number of aliphatic carboxylic acids is 1. The van der Waals surface area contributed by atoms with Gasteiger partial charge in [-0.3, -0.25) is 4.79 Å². The van der Waals surface area contributed by atoms with E-state index in [2.05, 4.69) is 0 Å². The lowest BCUT2D eigenvalue weighted by Gasteiger charge is -2.20. The summed E-state index contributed by atoms with van der Waals surface area (Å²) in [4.78, 5) is 24.1. The van der Waals surface area contributed by atoms with Crippen LogP contribution >= 0.6 is 0 Å². The molecule has 1 heterocycles. The SMILES string of the molecule is C[C@@H](CC(=O)N1CC[C@@](F)(C(=O)O)C1)c1ccccc1F. The van der Waals surface area contributed by atoms with Crippen LogP contribution in [-0.2, 0) is 9.59 Å². The molecule has 1 aliphatic heterocycles. The molecule has 2 atom stereocenters. The zero-order valence-electron chi connectivity index (χ0n) is 11.7. The van der Waals surface area contributed by atoms with Gasteiger partial charge in [0.05, 0.1) is 6.54 Å². The smallest absolute Gasteiger partial charge is 0.343 e. The van der Waals surface area contributed by atoms with Gasteiger partial charge in [-0.2, -0.15) is 0 Å². The number of benzene rings is 1. The number of amides is 1. The number of carbonyl (C=O) groups excluding carboxylic acids is 1. The highest BCUT2D eigenvalue weighted by Crippen LogP contribution is 2.28. The van der Waals surface area contributed by atoms with Crippen molar-refractivity contribution in [2.75, 3.05) is 13.1 Å². The molecule has 0 radical (unpaired) electrons. The number of carbonyl (C=O) groups is 2. The first-order valence-corrected chi connectivity index (χ1v) is 6.78. The molecule has 1 aromatic rings. The van der Waals surface area contributed by atoms with Crippen molar-refractivity contribution in [1.29, 1.82) is 0 Å². The van der Waals surface area contributed by atoms with E-state index < -0.39 is 18.2 Å². The second-order valence-corrected chi connectivity index (χ2v) is 5.46. The molecule has 1 amide bonds. The monoisotopic (exact) mass is 297 g/mol. The van der Waals surface area contributed by atoms with Crippen molar-refractivity contribution in [2.45, 2.75) is 31.4 Å². The average molecular weight is 297 g/mol. The normalized spacial score (nSPS) is 23.1. The van der Waals surface area contributed by atoms with E-state index >= 15 is 0 Å². The van der Waals surface area contributed by atoms with E-state index in [1.807, 2.05) is 0 Å². The standard InChI is InChI=1S/C15H17F2NO3/c1-10(11-4-2-3-5-12(11)16)8-13(19)18-7-6-15(17,9-18)14(20)21/h2-5,10H,6-9H2,1H3,(H,20,21)/t10-,15-/m0/s1. The number of hydrogen-bond acceptors (Lipinski definition) is 2. The lowest BCUT2D eigenvalue weighted by atomic mass is 9.96. The lowest BCUT2D eigenvalue weighted by Crippen LogP contribution is -2.39. The second kappa shape index (κ2) is 5.79. The number of rotatable bonds is 4. The van der Waals surface area contributed by atoms with Gasteiger partial charge in [0.25, 0.3) is 0 Å². The highest BCUT2D eigenvalue weighted by Gasteiger charge is 2.46. The van der Waals surface area contributed by atoms with Gasteiger partial charge in [-0.15, -0.1) is 0 Å². The number of nitrogens with zero attached hydrogens (tertiary/aromatic N) is 1. The zero-order valence-corrected chi connectivity index (χ0v) is 11.7. The van der Waals surface area contributed by atoms with E-state index in [0.29, 0.717) is 5.56 Å². The summed E-state index contributed by atoms with van der Waals surface area (Å²) >= 11 is 0. The van der Waals surface area contributed by atoms with Gasteiger partial charge in [0.2, 0.25) is 11.6 Å². The molecule has 0 bridgehead atoms. The van der Waals surface area contributed by atoms with Crippen molar-refractivity contribution < 1.29 is 23.5 Å². The molecule has 4 nitrogen and oxygen atoms in total. The van der Waals surface area contributed by atoms with Crippen molar-refractivity contribution in [2.24, 2.45) is 0 Å². The second-order valence-electron chi connectivity index (χ2n) is 5.46. The molecule has 0 saturated carbocycles. The third kappa shape index (κ3) is 3.20. The number of carboxylic acids is 1. The predicted octanol–water partition coefficient (Wildman–Crippen LogP) is 2.34. The van der Waals surface area contributed by atoms with Crippen molar-refractivity contribution in [3.63, 3.8) is 0 Å². The molecule has 21 heavy (non-hydrogen) atoms. The molecule has 1 aromatic carbocycles. The predicted molar refractivity (Wildman–Crippen MR) is 72.1 cm³/mol. The van der Waals surface area contributed by atoms with Gasteiger partial charge >= 0.3 is 5.97 Å². The van der Waals surface area contributed by atoms with Crippen molar-refractivity contribution in [3.8, 4) is 0 Å². The third-order valence-electron chi connectivity index (χ3n) is 3.87. The Hall–Kier alpha value is -1.98. The van der Waals surface area contributed by atoms with Gasteiger partial charge in [-0.1, -0.05) is 25.1 Å². The third-order valence-corrected chi connectivity index (χ3v) is 3.87. The van der Waals surface area contributed by atoms with Crippen LogP contribution in [-0.4, -0.2) is 40.6 Å². The van der Waals surface area contributed by atoms with Gasteiger partial charge in [-0.05, 0) is 17.5 Å². The van der Waals surface area contributed by atoms with Crippen LogP contribution in [0.15, 0.2) is 24.3 Å². The summed E-state index contributed by atoms with van der Waals surface area (Å²) in [5.74, 6) is -2.63. The molecule has 0 aliphatic carbocycles. The highest BCUT2D eigenvalue weighted by molar-refractivity contribution is 5.82. The molecule has 6 heteroatoms. The Morgan fingerprint density at radius 1 is 1.43 bits per heavy atom. The van der Waals surface area contributed by atoms with Gasteiger partial charge in [-0.25, -0.2) is 13.6 Å². The minimum absolute atomic E-state index is 0.0244. The van der Waals surface area contributed by atoms with E-state index in [1.54, 1.807) is 25.1 Å². The first-order valence-electron chi connectivity index (χ1n) is 6.78. The van der Waals surface area contributed by atoms with Crippen LogP contribution in [0.5, 0.6) is 0 Å². The van der Waals surface area contributed by atoms with Crippen LogP contribution in [0, 0.1) is 5.82 Å². The first-order chi connectivity index (χ1) is 9.83. The van der Waals surface area contributed by atoms with Crippen molar-refractivity contribution >= 4 is 11.9 Å². The molecule has 1 aliphatic rings. The molecular weight excluding hydrogens is 280 g/mol. The fourth-order valence-electron chi connectivity index (χ4n) is 2.54. The lowest BCUT2D eigenvalue weighted by molar-refractivity contribution is -0.150. The van der Waals surface area contributed by atoms with E-state index in [-0.39, 0.29) is 37.0 Å². The van der Waals surface area contributed by atoms with Crippen molar-refractivity contribution in [1.82, 2.24) is 4.90 Å². The van der Waals surface area contributed by atoms with Crippen LogP contribution in [0.4, 0.5) is 8.78 Å². The van der Waals surface area contributed by atoms with Crippen LogP contribution in [0.3, 0.4) is 0 Å². The van der Waals surface area contributed by atoms with E-state index in [9.17, 15) is 18.4 Å². The molecule has 1 N–H and O–H groups in total. The maximum absolute atomic E-state index is 13.9. The minimum Gasteiger partial charge on any atom is -0.479 e. The van der Waals surface area contributed by atoms with Crippen molar-refractivity contribution in [3.05, 3.63) is 35.6 Å². The van der Waals surface area contributed by atoms with Crippen LogP contribution in [0.2, 0.25) is 0 Å². The number of carboxylic acid groups (broad SMARTS) is 1. The van der Waals surface area contributed by atoms with Gasteiger partial charge in [0.1, 0.15) is 5.82 Å².